The third kappa shape index (κ3) is 4.34. The molecule has 0 bridgehead atoms. The Labute approximate surface area is 134 Å². The molecular formula is C20H29O2-. The van der Waals surface area contributed by atoms with Crippen LogP contribution in [0.1, 0.15) is 87.1 Å². The fraction of sp³-hybridized carbons (Fsp3) is 0.650. The number of aromatic carboxylic acids is 1. The Hall–Kier alpha value is -1.31. The van der Waals surface area contributed by atoms with Crippen LogP contribution in [0.25, 0.3) is 0 Å². The maximum Gasteiger partial charge on any atom is 0.0715 e. The predicted octanol–water partition coefficient (Wildman–Crippen LogP) is 4.54. The summed E-state index contributed by atoms with van der Waals surface area (Å²) in [6, 6.07) is 7.36. The van der Waals surface area contributed by atoms with Crippen LogP contribution in [0.2, 0.25) is 0 Å². The molecule has 1 saturated carbocycles. The van der Waals surface area contributed by atoms with Crippen LogP contribution in [0.15, 0.2) is 24.3 Å². The van der Waals surface area contributed by atoms with Crippen LogP contribution < -0.4 is 5.11 Å². The quantitative estimate of drug-likeness (QED) is 0.694. The Bertz CT molecular complexity index is 463. The highest BCUT2D eigenvalue weighted by atomic mass is 16.4. The SMILES string of the molecule is CCCCC[C@H]1CC[C@H](c2ccc(C(=O)[O-])cc2)C[C@@H]1CC. The monoisotopic (exact) mass is 301 g/mol. The molecule has 0 aromatic heterocycles. The van der Waals surface area contributed by atoms with Crippen molar-refractivity contribution < 1.29 is 9.90 Å². The van der Waals surface area contributed by atoms with Crippen molar-refractivity contribution in [2.45, 2.75) is 71.1 Å². The van der Waals surface area contributed by atoms with Gasteiger partial charge >= 0.3 is 0 Å². The molecule has 2 nitrogen and oxygen atoms in total. The zero-order valence-corrected chi connectivity index (χ0v) is 14.0. The maximum absolute atomic E-state index is 10.8. The van der Waals surface area contributed by atoms with Crippen LogP contribution in [-0.2, 0) is 0 Å². The normalized spacial score (nSPS) is 25.1. The lowest BCUT2D eigenvalue weighted by Crippen LogP contribution is -2.24. The molecule has 0 heterocycles. The van der Waals surface area contributed by atoms with Crippen molar-refractivity contribution in [1.29, 1.82) is 0 Å². The number of carboxylic acids is 1. The zero-order valence-electron chi connectivity index (χ0n) is 14.0. The molecule has 1 aliphatic rings. The minimum atomic E-state index is -1.09. The highest BCUT2D eigenvalue weighted by molar-refractivity contribution is 5.85. The van der Waals surface area contributed by atoms with Crippen molar-refractivity contribution in [1.82, 2.24) is 0 Å². The van der Waals surface area contributed by atoms with Gasteiger partial charge in [0.05, 0.1) is 5.97 Å². The van der Waals surface area contributed by atoms with Crippen molar-refractivity contribution in [3.05, 3.63) is 35.4 Å². The first-order valence-electron chi connectivity index (χ1n) is 8.97. The number of carbonyl (C=O) groups excluding carboxylic acids is 1. The predicted molar refractivity (Wildman–Crippen MR) is 88.8 cm³/mol. The van der Waals surface area contributed by atoms with Crippen LogP contribution in [0.5, 0.6) is 0 Å². The summed E-state index contributed by atoms with van der Waals surface area (Å²) >= 11 is 0. The Morgan fingerprint density at radius 2 is 1.82 bits per heavy atom. The third-order valence-electron chi connectivity index (χ3n) is 5.46. The van der Waals surface area contributed by atoms with Gasteiger partial charge in [-0.1, -0.05) is 70.2 Å². The van der Waals surface area contributed by atoms with E-state index in [1.807, 2.05) is 12.1 Å². The fourth-order valence-corrected chi connectivity index (χ4v) is 4.06. The van der Waals surface area contributed by atoms with E-state index >= 15 is 0 Å². The molecule has 22 heavy (non-hydrogen) atoms. The number of unbranched alkanes of at least 4 members (excludes halogenated alkanes) is 2. The van der Waals surface area contributed by atoms with E-state index in [9.17, 15) is 9.90 Å². The number of carbonyl (C=O) groups is 1. The second-order valence-electron chi connectivity index (χ2n) is 6.84. The lowest BCUT2D eigenvalue weighted by molar-refractivity contribution is -0.255. The number of benzene rings is 1. The smallest absolute Gasteiger partial charge is 0.0715 e. The summed E-state index contributed by atoms with van der Waals surface area (Å²) < 4.78 is 0. The van der Waals surface area contributed by atoms with Crippen molar-refractivity contribution >= 4 is 5.97 Å². The molecule has 2 rings (SSSR count). The molecule has 0 radical (unpaired) electrons. The third-order valence-corrected chi connectivity index (χ3v) is 5.46. The van der Waals surface area contributed by atoms with E-state index in [4.69, 9.17) is 0 Å². The minimum absolute atomic E-state index is 0.282. The summed E-state index contributed by atoms with van der Waals surface area (Å²) in [5.41, 5.74) is 1.58. The molecule has 0 unspecified atom stereocenters. The number of rotatable bonds is 7. The van der Waals surface area contributed by atoms with Gasteiger partial charge in [0.25, 0.3) is 0 Å². The zero-order chi connectivity index (χ0) is 15.9. The highest BCUT2D eigenvalue weighted by Crippen LogP contribution is 2.42. The van der Waals surface area contributed by atoms with Gasteiger partial charge in [-0.3, -0.25) is 0 Å². The molecule has 1 fully saturated rings. The van der Waals surface area contributed by atoms with Gasteiger partial charge in [0.2, 0.25) is 0 Å². The Morgan fingerprint density at radius 3 is 2.41 bits per heavy atom. The number of hydrogen-bond acceptors (Lipinski definition) is 2. The van der Waals surface area contributed by atoms with E-state index < -0.39 is 5.97 Å². The van der Waals surface area contributed by atoms with Crippen LogP contribution in [0, 0.1) is 11.8 Å². The fourth-order valence-electron chi connectivity index (χ4n) is 4.06. The average molecular weight is 301 g/mol. The lowest BCUT2D eigenvalue weighted by atomic mass is 9.69. The molecule has 2 heteroatoms. The van der Waals surface area contributed by atoms with Gasteiger partial charge in [-0.05, 0) is 48.1 Å². The van der Waals surface area contributed by atoms with Crippen molar-refractivity contribution in [2.75, 3.05) is 0 Å². The molecule has 1 aromatic carbocycles. The molecule has 1 aromatic rings. The van der Waals surface area contributed by atoms with Crippen LogP contribution in [-0.4, -0.2) is 5.97 Å². The first-order valence-corrected chi connectivity index (χ1v) is 8.97. The molecule has 0 saturated heterocycles. The molecule has 0 spiro atoms. The van der Waals surface area contributed by atoms with Gasteiger partial charge in [0, 0.05) is 0 Å². The van der Waals surface area contributed by atoms with Gasteiger partial charge in [0.1, 0.15) is 0 Å². The first-order chi connectivity index (χ1) is 10.7. The first kappa shape index (κ1) is 17.1. The largest absolute Gasteiger partial charge is 0.545 e. The van der Waals surface area contributed by atoms with Crippen molar-refractivity contribution in [2.24, 2.45) is 11.8 Å². The summed E-state index contributed by atoms with van der Waals surface area (Å²) in [4.78, 5) is 10.8. The molecule has 0 amide bonds. The second-order valence-corrected chi connectivity index (χ2v) is 6.84. The Kier molecular flexibility index (Phi) is 6.48. The van der Waals surface area contributed by atoms with Crippen LogP contribution in [0.3, 0.4) is 0 Å². The Morgan fingerprint density at radius 1 is 1.09 bits per heavy atom. The summed E-state index contributed by atoms with van der Waals surface area (Å²) in [6.45, 7) is 4.59. The second kappa shape index (κ2) is 8.36. The van der Waals surface area contributed by atoms with Crippen LogP contribution in [0.4, 0.5) is 0 Å². The maximum atomic E-state index is 10.8. The van der Waals surface area contributed by atoms with Gasteiger partial charge in [-0.15, -0.1) is 0 Å². The van der Waals surface area contributed by atoms with E-state index in [1.54, 1.807) is 12.1 Å². The van der Waals surface area contributed by atoms with Gasteiger partial charge in [-0.2, -0.15) is 0 Å². The minimum Gasteiger partial charge on any atom is -0.545 e. The highest BCUT2D eigenvalue weighted by Gasteiger charge is 2.29. The number of hydrogen-bond donors (Lipinski definition) is 0. The van der Waals surface area contributed by atoms with Gasteiger partial charge in [-0.25, -0.2) is 0 Å². The topological polar surface area (TPSA) is 40.1 Å². The van der Waals surface area contributed by atoms with E-state index in [-0.39, 0.29) is 5.56 Å². The summed E-state index contributed by atoms with van der Waals surface area (Å²) in [5, 5.41) is 10.8. The van der Waals surface area contributed by atoms with E-state index in [0.717, 1.165) is 11.8 Å². The average Bonchev–Trinajstić information content (AvgIpc) is 2.55. The standard InChI is InChI=1S/C20H30O2/c1-3-5-6-7-16-10-13-19(14-15(16)4-2)17-8-11-18(12-9-17)20(21)22/h8-9,11-12,15-16,19H,3-7,10,13-14H2,1-2H3,(H,21,22)/p-1/t15-,16-,19-/m0/s1. The number of carboxylic acid groups (broad SMARTS) is 1. The van der Waals surface area contributed by atoms with Crippen molar-refractivity contribution in [3.63, 3.8) is 0 Å². The molecule has 1 aliphatic carbocycles. The van der Waals surface area contributed by atoms with Gasteiger partial charge < -0.3 is 9.90 Å². The summed E-state index contributed by atoms with van der Waals surface area (Å²) in [5.74, 6) is 1.24. The van der Waals surface area contributed by atoms with Gasteiger partial charge in [0.15, 0.2) is 0 Å². The van der Waals surface area contributed by atoms with Crippen molar-refractivity contribution in [3.8, 4) is 0 Å². The summed E-state index contributed by atoms with van der Waals surface area (Å²) in [6.07, 6.45) is 10.5. The van der Waals surface area contributed by atoms with E-state index in [1.165, 1.54) is 56.9 Å². The van der Waals surface area contributed by atoms with E-state index in [0.29, 0.717) is 5.92 Å². The molecule has 0 aliphatic heterocycles. The molecule has 0 N–H and O–H groups in total. The Balaban J connectivity index is 1.96. The molecular weight excluding hydrogens is 272 g/mol. The molecule has 3 atom stereocenters. The molecule has 122 valence electrons. The van der Waals surface area contributed by atoms with Crippen LogP contribution >= 0.6 is 0 Å². The van der Waals surface area contributed by atoms with E-state index in [2.05, 4.69) is 13.8 Å². The lowest BCUT2D eigenvalue weighted by Gasteiger charge is -2.36. The summed E-state index contributed by atoms with van der Waals surface area (Å²) in [7, 11) is 0.